The minimum atomic E-state index is -0.639. The molecule has 27 heavy (non-hydrogen) atoms. The molecule has 6 heteroatoms. The van der Waals surface area contributed by atoms with Gasteiger partial charge in [0.1, 0.15) is 17.2 Å². The first-order chi connectivity index (χ1) is 12.8. The van der Waals surface area contributed by atoms with Gasteiger partial charge in [0.25, 0.3) is 0 Å². The predicted octanol–water partition coefficient (Wildman–Crippen LogP) is 3.66. The van der Waals surface area contributed by atoms with Crippen LogP contribution in [0, 0.1) is 0 Å². The van der Waals surface area contributed by atoms with Crippen LogP contribution in [0.15, 0.2) is 42.5 Å². The zero-order chi connectivity index (χ0) is 19.2. The number of benzene rings is 2. The van der Waals surface area contributed by atoms with Crippen molar-refractivity contribution in [1.29, 1.82) is 0 Å². The van der Waals surface area contributed by atoms with Crippen molar-refractivity contribution < 1.29 is 14.6 Å². The smallest absolute Gasteiger partial charge is 0.185 e. The number of thiocarbonyl (C=S) groups is 1. The van der Waals surface area contributed by atoms with Crippen LogP contribution in [0.25, 0.3) is 0 Å². The van der Waals surface area contributed by atoms with Crippen LogP contribution >= 0.6 is 12.2 Å². The molecule has 2 atom stereocenters. The van der Waals surface area contributed by atoms with Gasteiger partial charge in [0, 0.05) is 35.9 Å². The Kier molecular flexibility index (Phi) is 4.18. The number of hydrogen-bond acceptors (Lipinski definition) is 4. The van der Waals surface area contributed by atoms with E-state index in [1.807, 2.05) is 18.2 Å². The summed E-state index contributed by atoms with van der Waals surface area (Å²) in [5.74, 6) is 1.78. The van der Waals surface area contributed by atoms with Crippen LogP contribution < -0.4 is 20.1 Å². The van der Waals surface area contributed by atoms with E-state index in [1.165, 1.54) is 0 Å². The number of nitrogens with one attached hydrogen (secondary N) is 2. The Morgan fingerprint density at radius 2 is 2.00 bits per heavy atom. The quantitative estimate of drug-likeness (QED) is 0.687. The van der Waals surface area contributed by atoms with E-state index in [1.54, 1.807) is 19.2 Å². The highest BCUT2D eigenvalue weighted by molar-refractivity contribution is 7.80. The molecule has 0 aliphatic carbocycles. The van der Waals surface area contributed by atoms with Gasteiger partial charge in [-0.25, -0.2) is 0 Å². The lowest BCUT2D eigenvalue weighted by molar-refractivity contribution is -0.0128. The maximum absolute atomic E-state index is 10.0. The molecule has 0 unspecified atom stereocenters. The number of rotatable bonds is 2. The van der Waals surface area contributed by atoms with Crippen molar-refractivity contribution in [1.82, 2.24) is 10.6 Å². The lowest BCUT2D eigenvalue weighted by Crippen LogP contribution is -2.69. The highest BCUT2D eigenvalue weighted by Gasteiger charge is 2.48. The molecule has 2 aliphatic rings. The maximum atomic E-state index is 10.0. The molecule has 1 spiro atoms. The number of hydrogen-bond donors (Lipinski definition) is 3. The first-order valence-corrected chi connectivity index (χ1v) is 9.46. The SMILES string of the molecule is COc1cccc([C@@H]2C[C@]3(CC(C)(C)NC(=S)N3)Oc3cc(O)ccc32)c1. The van der Waals surface area contributed by atoms with Crippen molar-refractivity contribution in [2.75, 3.05) is 7.11 Å². The Balaban J connectivity index is 1.82. The summed E-state index contributed by atoms with van der Waals surface area (Å²) in [6.45, 7) is 4.23. The van der Waals surface area contributed by atoms with Gasteiger partial charge in [-0.3, -0.25) is 0 Å². The largest absolute Gasteiger partial charge is 0.508 e. The Bertz CT molecular complexity index is 899. The Labute approximate surface area is 164 Å². The minimum Gasteiger partial charge on any atom is -0.508 e. The zero-order valence-electron chi connectivity index (χ0n) is 15.7. The van der Waals surface area contributed by atoms with Crippen molar-refractivity contribution in [3.8, 4) is 17.2 Å². The number of aromatic hydroxyl groups is 1. The van der Waals surface area contributed by atoms with Gasteiger partial charge >= 0.3 is 0 Å². The first kappa shape index (κ1) is 17.9. The third-order valence-electron chi connectivity index (χ3n) is 5.23. The third kappa shape index (κ3) is 3.41. The number of methoxy groups -OCH3 is 1. The fourth-order valence-electron chi connectivity index (χ4n) is 4.28. The molecular weight excluding hydrogens is 360 g/mol. The summed E-state index contributed by atoms with van der Waals surface area (Å²) < 4.78 is 11.8. The molecule has 0 amide bonds. The van der Waals surface area contributed by atoms with E-state index in [2.05, 4.69) is 36.6 Å². The molecule has 2 aromatic rings. The second-order valence-corrected chi connectivity index (χ2v) is 8.40. The molecule has 1 fully saturated rings. The standard InChI is InChI=1S/C21H24N2O3S/c1-20(2)12-21(23-19(27)22-20)11-17(13-5-4-6-15(9-13)25-3)16-8-7-14(24)10-18(16)26-21/h4-10,17,24H,11-12H2,1-3H3,(H2,22,23,27)/t17-,21+/m0/s1. The summed E-state index contributed by atoms with van der Waals surface area (Å²) in [7, 11) is 1.67. The van der Waals surface area contributed by atoms with Crippen LogP contribution in [0.4, 0.5) is 0 Å². The van der Waals surface area contributed by atoms with Crippen LogP contribution in [0.1, 0.15) is 43.7 Å². The van der Waals surface area contributed by atoms with Gasteiger partial charge in [0.2, 0.25) is 0 Å². The van der Waals surface area contributed by atoms with Crippen molar-refractivity contribution in [2.45, 2.75) is 43.9 Å². The number of phenolic OH excluding ortho intramolecular Hbond substituents is 1. The molecule has 4 rings (SSSR count). The number of ether oxygens (including phenoxy) is 2. The highest BCUT2D eigenvalue weighted by atomic mass is 32.1. The van der Waals surface area contributed by atoms with Crippen LogP contribution in [0.3, 0.4) is 0 Å². The molecule has 3 N–H and O–H groups in total. The molecule has 142 valence electrons. The first-order valence-electron chi connectivity index (χ1n) is 9.05. The molecule has 0 saturated carbocycles. The number of fused-ring (bicyclic) bond motifs is 1. The Morgan fingerprint density at radius 1 is 1.19 bits per heavy atom. The van der Waals surface area contributed by atoms with Gasteiger partial charge in [-0.2, -0.15) is 0 Å². The van der Waals surface area contributed by atoms with Crippen molar-refractivity contribution in [2.24, 2.45) is 0 Å². The van der Waals surface area contributed by atoms with E-state index in [9.17, 15) is 5.11 Å². The van der Waals surface area contributed by atoms with Crippen molar-refractivity contribution in [3.63, 3.8) is 0 Å². The van der Waals surface area contributed by atoms with Gasteiger partial charge in [-0.15, -0.1) is 0 Å². The second kappa shape index (κ2) is 6.30. The maximum Gasteiger partial charge on any atom is 0.185 e. The van der Waals surface area contributed by atoms with E-state index in [4.69, 9.17) is 21.7 Å². The van der Waals surface area contributed by atoms with Gasteiger partial charge < -0.3 is 25.2 Å². The molecular formula is C21H24N2O3S. The summed E-state index contributed by atoms with van der Waals surface area (Å²) in [4.78, 5) is 0. The Morgan fingerprint density at radius 3 is 2.74 bits per heavy atom. The van der Waals surface area contributed by atoms with Gasteiger partial charge in [-0.1, -0.05) is 18.2 Å². The second-order valence-electron chi connectivity index (χ2n) is 7.99. The molecule has 0 aromatic heterocycles. The van der Waals surface area contributed by atoms with Crippen molar-refractivity contribution in [3.05, 3.63) is 53.6 Å². The van der Waals surface area contributed by atoms with E-state index in [-0.39, 0.29) is 17.2 Å². The predicted molar refractivity (Wildman–Crippen MR) is 108 cm³/mol. The molecule has 5 nitrogen and oxygen atoms in total. The molecule has 1 saturated heterocycles. The van der Waals surface area contributed by atoms with E-state index in [0.717, 1.165) is 29.7 Å². The average molecular weight is 385 g/mol. The number of phenols is 1. The third-order valence-corrected chi connectivity index (χ3v) is 5.43. The normalized spacial score (nSPS) is 25.7. The fraction of sp³-hybridized carbons (Fsp3) is 0.381. The lowest BCUT2D eigenvalue weighted by Gasteiger charge is -2.50. The van der Waals surface area contributed by atoms with E-state index >= 15 is 0 Å². The van der Waals surface area contributed by atoms with Crippen LogP contribution in [-0.4, -0.2) is 28.6 Å². The Hall–Kier alpha value is -2.47. The topological polar surface area (TPSA) is 62.8 Å². The summed E-state index contributed by atoms with van der Waals surface area (Å²) in [5.41, 5.74) is 1.36. The summed E-state index contributed by atoms with van der Waals surface area (Å²) in [6, 6.07) is 13.4. The molecule has 0 bridgehead atoms. The molecule has 2 aromatic carbocycles. The van der Waals surface area contributed by atoms with E-state index < -0.39 is 5.72 Å². The lowest BCUT2D eigenvalue weighted by atomic mass is 9.77. The summed E-state index contributed by atoms with van der Waals surface area (Å²) in [6.07, 6.45) is 1.46. The van der Waals surface area contributed by atoms with Gasteiger partial charge in [0.05, 0.1) is 7.11 Å². The molecule has 0 radical (unpaired) electrons. The molecule has 2 heterocycles. The van der Waals surface area contributed by atoms with Gasteiger partial charge in [-0.05, 0) is 49.8 Å². The van der Waals surface area contributed by atoms with Crippen LogP contribution in [-0.2, 0) is 0 Å². The highest BCUT2D eigenvalue weighted by Crippen LogP contribution is 2.47. The van der Waals surface area contributed by atoms with Crippen LogP contribution in [0.2, 0.25) is 0 Å². The monoisotopic (exact) mass is 384 g/mol. The summed E-state index contributed by atoms with van der Waals surface area (Å²) >= 11 is 5.46. The zero-order valence-corrected chi connectivity index (χ0v) is 16.5. The van der Waals surface area contributed by atoms with Crippen molar-refractivity contribution >= 4 is 17.3 Å². The minimum absolute atomic E-state index is 0.0913. The van der Waals surface area contributed by atoms with Gasteiger partial charge in [0.15, 0.2) is 10.8 Å². The fourth-order valence-corrected chi connectivity index (χ4v) is 4.74. The summed E-state index contributed by atoms with van der Waals surface area (Å²) in [5, 5.41) is 17.3. The molecule has 2 aliphatic heterocycles. The van der Waals surface area contributed by atoms with E-state index in [0.29, 0.717) is 10.9 Å². The van der Waals surface area contributed by atoms with Crippen LogP contribution in [0.5, 0.6) is 17.2 Å². The average Bonchev–Trinajstić information content (AvgIpc) is 2.58.